The number of ether oxygens (including phenoxy) is 1. The molecule has 0 aliphatic heterocycles. The number of carbonyl (C=O) groups excluding carboxylic acids is 1. The number of nitrogens with one attached hydrogen (secondary N) is 1. The molecule has 6 heteroatoms. The Morgan fingerprint density at radius 3 is 2.25 bits per heavy atom. The highest BCUT2D eigenvalue weighted by molar-refractivity contribution is 5.81. The molecule has 3 aromatic rings. The molecule has 0 fully saturated rings. The lowest BCUT2D eigenvalue weighted by Gasteiger charge is -2.17. The third-order valence-corrected chi connectivity index (χ3v) is 4.95. The Labute approximate surface area is 161 Å². The summed E-state index contributed by atoms with van der Waals surface area (Å²) in [7, 11) is 0. The average Bonchev–Trinajstić information content (AvgIpc) is 3.32. The van der Waals surface area contributed by atoms with Gasteiger partial charge < -0.3 is 19.6 Å². The molecule has 1 aliphatic rings. The van der Waals surface area contributed by atoms with Crippen molar-refractivity contribution in [2.24, 2.45) is 0 Å². The van der Waals surface area contributed by atoms with E-state index >= 15 is 0 Å². The Bertz CT molecular complexity index is 950. The molecule has 4 rings (SSSR count). The summed E-state index contributed by atoms with van der Waals surface area (Å²) in [5.41, 5.74) is 5.16. The predicted molar refractivity (Wildman–Crippen MR) is 102 cm³/mol. The SMILES string of the molecule is O=C(N[C@H](Cc1ccoc1)C(=O)O)OCC1c2ccccc2-c2ccccc21. The van der Waals surface area contributed by atoms with Crippen LogP contribution in [-0.4, -0.2) is 29.8 Å². The van der Waals surface area contributed by atoms with Crippen LogP contribution in [0, 0.1) is 0 Å². The zero-order valence-corrected chi connectivity index (χ0v) is 15.0. The molecule has 0 saturated carbocycles. The van der Waals surface area contributed by atoms with E-state index in [0.29, 0.717) is 5.56 Å². The van der Waals surface area contributed by atoms with Crippen LogP contribution in [-0.2, 0) is 16.0 Å². The van der Waals surface area contributed by atoms with Crippen LogP contribution in [0.2, 0.25) is 0 Å². The zero-order valence-electron chi connectivity index (χ0n) is 15.0. The van der Waals surface area contributed by atoms with Crippen LogP contribution >= 0.6 is 0 Å². The fourth-order valence-corrected chi connectivity index (χ4v) is 3.63. The number of hydrogen-bond acceptors (Lipinski definition) is 4. The number of carboxylic acids is 1. The van der Waals surface area contributed by atoms with Gasteiger partial charge in [-0.3, -0.25) is 0 Å². The number of amides is 1. The van der Waals surface area contributed by atoms with Gasteiger partial charge in [0.25, 0.3) is 0 Å². The van der Waals surface area contributed by atoms with Crippen LogP contribution in [0.1, 0.15) is 22.6 Å². The quantitative estimate of drug-likeness (QED) is 0.682. The largest absolute Gasteiger partial charge is 0.480 e. The summed E-state index contributed by atoms with van der Waals surface area (Å²) in [6.07, 6.45) is 2.28. The predicted octanol–water partition coefficient (Wildman–Crippen LogP) is 3.81. The molecule has 1 atom stereocenters. The van der Waals surface area contributed by atoms with Gasteiger partial charge in [0, 0.05) is 12.3 Å². The molecule has 0 saturated heterocycles. The van der Waals surface area contributed by atoms with Crippen LogP contribution in [0.15, 0.2) is 71.5 Å². The van der Waals surface area contributed by atoms with Crippen LogP contribution in [0.5, 0.6) is 0 Å². The van der Waals surface area contributed by atoms with Gasteiger partial charge in [-0.1, -0.05) is 48.5 Å². The van der Waals surface area contributed by atoms with Crippen LogP contribution in [0.25, 0.3) is 11.1 Å². The van der Waals surface area contributed by atoms with Crippen LogP contribution < -0.4 is 5.32 Å². The highest BCUT2D eigenvalue weighted by Crippen LogP contribution is 2.44. The summed E-state index contributed by atoms with van der Waals surface area (Å²) in [6, 6.07) is 16.6. The number of fused-ring (bicyclic) bond motifs is 3. The highest BCUT2D eigenvalue weighted by atomic mass is 16.5. The molecule has 1 aromatic heterocycles. The molecule has 28 heavy (non-hydrogen) atoms. The number of benzene rings is 2. The van der Waals surface area contributed by atoms with Gasteiger partial charge in [0.1, 0.15) is 12.6 Å². The van der Waals surface area contributed by atoms with Crippen molar-refractivity contribution >= 4 is 12.1 Å². The first-order chi connectivity index (χ1) is 13.6. The Hall–Kier alpha value is -3.54. The fourth-order valence-electron chi connectivity index (χ4n) is 3.63. The number of alkyl carbamates (subject to hydrolysis) is 1. The molecule has 142 valence electrons. The van der Waals surface area contributed by atoms with Crippen molar-refractivity contribution in [3.63, 3.8) is 0 Å². The van der Waals surface area contributed by atoms with Crippen molar-refractivity contribution in [2.75, 3.05) is 6.61 Å². The van der Waals surface area contributed by atoms with Gasteiger partial charge in [-0.15, -0.1) is 0 Å². The first-order valence-electron chi connectivity index (χ1n) is 8.99. The van der Waals surface area contributed by atoms with E-state index in [2.05, 4.69) is 17.4 Å². The number of rotatable bonds is 6. The summed E-state index contributed by atoms with van der Waals surface area (Å²) in [6.45, 7) is 0.137. The van der Waals surface area contributed by atoms with Crippen molar-refractivity contribution in [2.45, 2.75) is 18.4 Å². The first-order valence-corrected chi connectivity index (χ1v) is 8.99. The summed E-state index contributed by atoms with van der Waals surface area (Å²) in [5.74, 6) is -1.20. The molecule has 1 aliphatic carbocycles. The van der Waals surface area contributed by atoms with Gasteiger partial charge in [-0.2, -0.15) is 0 Å². The van der Waals surface area contributed by atoms with Crippen molar-refractivity contribution in [3.8, 4) is 11.1 Å². The second-order valence-electron chi connectivity index (χ2n) is 6.70. The van der Waals surface area contributed by atoms with E-state index in [4.69, 9.17) is 9.15 Å². The molecule has 0 spiro atoms. The van der Waals surface area contributed by atoms with Gasteiger partial charge in [0.05, 0.1) is 12.5 Å². The Kier molecular flexibility index (Phi) is 4.85. The molecule has 6 nitrogen and oxygen atoms in total. The molecule has 1 amide bonds. The van der Waals surface area contributed by atoms with Crippen molar-refractivity contribution in [1.82, 2.24) is 5.32 Å². The van der Waals surface area contributed by atoms with E-state index in [0.717, 1.165) is 22.3 Å². The summed E-state index contributed by atoms with van der Waals surface area (Å²) < 4.78 is 10.3. The van der Waals surface area contributed by atoms with E-state index < -0.39 is 18.1 Å². The minimum Gasteiger partial charge on any atom is -0.480 e. The number of carbonyl (C=O) groups is 2. The van der Waals surface area contributed by atoms with Crippen LogP contribution in [0.4, 0.5) is 4.79 Å². The normalized spacial score (nSPS) is 13.4. The van der Waals surface area contributed by atoms with Gasteiger partial charge >= 0.3 is 12.1 Å². The number of aliphatic carboxylic acids is 1. The third-order valence-electron chi connectivity index (χ3n) is 4.95. The second-order valence-corrected chi connectivity index (χ2v) is 6.70. The summed E-state index contributed by atoms with van der Waals surface area (Å²) in [5, 5.41) is 11.8. The van der Waals surface area contributed by atoms with Gasteiger partial charge in [-0.05, 0) is 33.9 Å². The monoisotopic (exact) mass is 377 g/mol. The van der Waals surface area contributed by atoms with Gasteiger partial charge in [-0.25, -0.2) is 9.59 Å². The number of hydrogen-bond donors (Lipinski definition) is 2. The minimum atomic E-state index is -1.13. The minimum absolute atomic E-state index is 0.0738. The third kappa shape index (κ3) is 3.49. The topological polar surface area (TPSA) is 88.8 Å². The second kappa shape index (κ2) is 7.60. The van der Waals surface area contributed by atoms with E-state index in [1.54, 1.807) is 6.07 Å². The highest BCUT2D eigenvalue weighted by Gasteiger charge is 2.29. The van der Waals surface area contributed by atoms with Gasteiger partial charge in [0.15, 0.2) is 0 Å². The van der Waals surface area contributed by atoms with E-state index in [-0.39, 0.29) is 18.9 Å². The molecule has 0 radical (unpaired) electrons. The molecule has 2 aromatic carbocycles. The maximum Gasteiger partial charge on any atom is 0.407 e. The molecular weight excluding hydrogens is 358 g/mol. The molecule has 0 unspecified atom stereocenters. The van der Waals surface area contributed by atoms with Gasteiger partial charge in [0.2, 0.25) is 0 Å². The van der Waals surface area contributed by atoms with Crippen molar-refractivity contribution in [3.05, 3.63) is 83.8 Å². The first kappa shape index (κ1) is 17.9. The number of carboxylic acid groups (broad SMARTS) is 1. The molecule has 1 heterocycles. The van der Waals surface area contributed by atoms with E-state index in [1.807, 2.05) is 36.4 Å². The van der Waals surface area contributed by atoms with Crippen molar-refractivity contribution in [1.29, 1.82) is 0 Å². The Morgan fingerprint density at radius 1 is 1.04 bits per heavy atom. The summed E-state index contributed by atoms with van der Waals surface area (Å²) in [4.78, 5) is 23.7. The smallest absolute Gasteiger partial charge is 0.407 e. The molecular formula is C22H19NO5. The molecule has 0 bridgehead atoms. The lowest BCUT2D eigenvalue weighted by molar-refractivity contribution is -0.139. The lowest BCUT2D eigenvalue weighted by atomic mass is 9.98. The standard InChI is InChI=1S/C22H19NO5/c24-21(25)20(11-14-9-10-27-12-14)23-22(26)28-13-19-17-7-3-1-5-15(17)16-6-2-4-8-18(16)19/h1-10,12,19-20H,11,13H2,(H,23,26)(H,24,25)/t20-/m1/s1. The summed E-state index contributed by atoms with van der Waals surface area (Å²) >= 11 is 0. The number of furan rings is 1. The van der Waals surface area contributed by atoms with Crippen molar-refractivity contribution < 1.29 is 23.8 Å². The van der Waals surface area contributed by atoms with Crippen LogP contribution in [0.3, 0.4) is 0 Å². The average molecular weight is 377 g/mol. The fraction of sp³-hybridized carbons (Fsp3) is 0.182. The zero-order chi connectivity index (χ0) is 19.5. The maximum absolute atomic E-state index is 12.2. The Balaban J connectivity index is 1.44. The maximum atomic E-state index is 12.2. The lowest BCUT2D eigenvalue weighted by Crippen LogP contribution is -2.42. The molecule has 2 N–H and O–H groups in total. The van der Waals surface area contributed by atoms with E-state index in [1.165, 1.54) is 12.5 Å². The Morgan fingerprint density at radius 2 is 1.68 bits per heavy atom. The van der Waals surface area contributed by atoms with E-state index in [9.17, 15) is 14.7 Å².